The standard InChI is InChI=1S/C20H30N6O3/c1-4-19(27)26(16-9-7-6-8-10-16)17-11-12-23(15-18(17)29-3)13-14-25-20(28)24(5-2)21-22-25/h6-10,17-18H,4-5,11-15H2,1-3H3/t17-,18+/m1/s1. The average Bonchev–Trinajstić information content (AvgIpc) is 3.13. The summed E-state index contributed by atoms with van der Waals surface area (Å²) in [5.74, 6) is 0.0967. The Balaban J connectivity index is 1.68. The van der Waals surface area contributed by atoms with Crippen LogP contribution in [-0.4, -0.2) is 69.5 Å². The minimum absolute atomic E-state index is 0.0187. The van der Waals surface area contributed by atoms with E-state index in [1.165, 1.54) is 9.36 Å². The number of nitrogens with zero attached hydrogens (tertiary/aromatic N) is 6. The first kappa shape index (κ1) is 21.2. The Kier molecular flexibility index (Phi) is 7.16. The van der Waals surface area contributed by atoms with Gasteiger partial charge in [-0.3, -0.25) is 9.69 Å². The molecule has 158 valence electrons. The third-order valence-electron chi connectivity index (χ3n) is 5.47. The van der Waals surface area contributed by atoms with Gasteiger partial charge in [-0.15, -0.1) is 0 Å². The van der Waals surface area contributed by atoms with Gasteiger partial charge in [-0.05, 0) is 35.9 Å². The highest BCUT2D eigenvalue weighted by Gasteiger charge is 2.36. The van der Waals surface area contributed by atoms with E-state index in [0.717, 1.165) is 18.7 Å². The number of methoxy groups -OCH3 is 1. The van der Waals surface area contributed by atoms with Crippen molar-refractivity contribution in [2.24, 2.45) is 0 Å². The fraction of sp³-hybridized carbons (Fsp3) is 0.600. The smallest absolute Gasteiger partial charge is 0.363 e. The number of aromatic nitrogens is 4. The first-order chi connectivity index (χ1) is 14.1. The summed E-state index contributed by atoms with van der Waals surface area (Å²) in [7, 11) is 1.69. The summed E-state index contributed by atoms with van der Waals surface area (Å²) in [6.45, 7) is 6.94. The fourth-order valence-corrected chi connectivity index (χ4v) is 3.86. The molecule has 1 fully saturated rings. The number of carbonyl (C=O) groups is 1. The number of rotatable bonds is 8. The summed E-state index contributed by atoms with van der Waals surface area (Å²) >= 11 is 0. The van der Waals surface area contributed by atoms with Crippen molar-refractivity contribution in [1.29, 1.82) is 0 Å². The lowest BCUT2D eigenvalue weighted by Gasteiger charge is -2.43. The number of para-hydroxylation sites is 1. The van der Waals surface area contributed by atoms with Crippen molar-refractivity contribution in [1.82, 2.24) is 24.7 Å². The van der Waals surface area contributed by atoms with Gasteiger partial charge in [0.2, 0.25) is 5.91 Å². The van der Waals surface area contributed by atoms with Gasteiger partial charge in [0.25, 0.3) is 0 Å². The van der Waals surface area contributed by atoms with Gasteiger partial charge in [0.15, 0.2) is 0 Å². The van der Waals surface area contributed by atoms with Crippen molar-refractivity contribution in [2.75, 3.05) is 31.6 Å². The van der Waals surface area contributed by atoms with Crippen LogP contribution in [-0.2, 0) is 22.6 Å². The normalized spacial score (nSPS) is 20.0. The first-order valence-electron chi connectivity index (χ1n) is 10.2. The molecule has 0 spiro atoms. The second-order valence-corrected chi connectivity index (χ2v) is 7.18. The number of tetrazole rings is 1. The molecule has 9 heteroatoms. The van der Waals surface area contributed by atoms with E-state index in [-0.39, 0.29) is 23.7 Å². The van der Waals surface area contributed by atoms with Gasteiger partial charge >= 0.3 is 5.69 Å². The van der Waals surface area contributed by atoms with Gasteiger partial charge < -0.3 is 9.64 Å². The molecule has 0 bridgehead atoms. The number of piperidine rings is 1. The van der Waals surface area contributed by atoms with E-state index in [1.54, 1.807) is 7.11 Å². The van der Waals surface area contributed by atoms with Crippen LogP contribution in [0.3, 0.4) is 0 Å². The number of benzene rings is 1. The largest absolute Gasteiger partial charge is 0.378 e. The maximum atomic E-state index is 12.7. The lowest BCUT2D eigenvalue weighted by Crippen LogP contribution is -2.57. The molecular formula is C20H30N6O3. The number of aryl methyl sites for hydroxylation is 1. The first-order valence-corrected chi connectivity index (χ1v) is 10.2. The predicted octanol–water partition coefficient (Wildman–Crippen LogP) is 0.992. The number of carbonyl (C=O) groups excluding carboxylic acids is 1. The molecule has 1 saturated heterocycles. The molecule has 1 aliphatic rings. The van der Waals surface area contributed by atoms with E-state index in [2.05, 4.69) is 15.3 Å². The molecule has 1 aliphatic heterocycles. The predicted molar refractivity (Wildman–Crippen MR) is 110 cm³/mol. The molecule has 1 aromatic carbocycles. The number of ether oxygens (including phenoxy) is 1. The van der Waals surface area contributed by atoms with E-state index >= 15 is 0 Å². The number of likely N-dealkylation sites (tertiary alicyclic amines) is 1. The van der Waals surface area contributed by atoms with E-state index in [0.29, 0.717) is 32.6 Å². The monoisotopic (exact) mass is 402 g/mol. The van der Waals surface area contributed by atoms with E-state index in [4.69, 9.17) is 4.74 Å². The van der Waals surface area contributed by atoms with Gasteiger partial charge in [-0.25, -0.2) is 4.79 Å². The van der Waals surface area contributed by atoms with E-state index in [1.807, 2.05) is 49.1 Å². The lowest BCUT2D eigenvalue weighted by molar-refractivity contribution is -0.120. The van der Waals surface area contributed by atoms with Crippen molar-refractivity contribution < 1.29 is 9.53 Å². The Hall–Kier alpha value is -2.52. The Morgan fingerprint density at radius 3 is 2.52 bits per heavy atom. The zero-order valence-electron chi connectivity index (χ0n) is 17.4. The molecule has 2 heterocycles. The molecule has 1 aromatic heterocycles. The second-order valence-electron chi connectivity index (χ2n) is 7.18. The Labute approximate surface area is 170 Å². The highest BCUT2D eigenvalue weighted by molar-refractivity contribution is 5.93. The summed E-state index contributed by atoms with van der Waals surface area (Å²) in [4.78, 5) is 29.0. The van der Waals surface area contributed by atoms with Crippen LogP contribution >= 0.6 is 0 Å². The summed E-state index contributed by atoms with van der Waals surface area (Å²) in [5, 5.41) is 7.79. The molecule has 0 saturated carbocycles. The van der Waals surface area contributed by atoms with Crippen molar-refractivity contribution >= 4 is 11.6 Å². The molecule has 1 amide bonds. The third-order valence-corrected chi connectivity index (χ3v) is 5.47. The fourth-order valence-electron chi connectivity index (χ4n) is 3.86. The van der Waals surface area contributed by atoms with Gasteiger partial charge in [-0.1, -0.05) is 25.1 Å². The van der Waals surface area contributed by atoms with Gasteiger partial charge in [0.05, 0.1) is 18.7 Å². The highest BCUT2D eigenvalue weighted by atomic mass is 16.5. The summed E-state index contributed by atoms with van der Waals surface area (Å²) in [6, 6.07) is 9.76. The van der Waals surface area contributed by atoms with Crippen LogP contribution in [0.4, 0.5) is 5.69 Å². The van der Waals surface area contributed by atoms with Crippen molar-refractivity contribution in [3.05, 3.63) is 40.8 Å². The average molecular weight is 402 g/mol. The summed E-state index contributed by atoms with van der Waals surface area (Å²) in [6.07, 6.45) is 1.14. The second kappa shape index (κ2) is 9.80. The minimum atomic E-state index is -0.186. The molecule has 29 heavy (non-hydrogen) atoms. The zero-order chi connectivity index (χ0) is 20.8. The van der Waals surface area contributed by atoms with Crippen molar-refractivity contribution in [3.8, 4) is 0 Å². The van der Waals surface area contributed by atoms with Gasteiger partial charge in [0, 0.05) is 45.4 Å². The topological polar surface area (TPSA) is 85.5 Å². The summed E-state index contributed by atoms with van der Waals surface area (Å²) < 4.78 is 8.53. The molecule has 9 nitrogen and oxygen atoms in total. The van der Waals surface area contributed by atoms with Crippen LogP contribution in [0.15, 0.2) is 35.1 Å². The quantitative estimate of drug-likeness (QED) is 0.655. The van der Waals surface area contributed by atoms with Crippen LogP contribution in [0, 0.1) is 0 Å². The SMILES string of the molecule is CCC(=O)N(c1ccccc1)[C@@H]1CCN(CCn2nnn(CC)c2=O)C[C@@H]1OC. The maximum Gasteiger partial charge on any atom is 0.363 e. The molecule has 0 radical (unpaired) electrons. The van der Waals surface area contributed by atoms with Crippen LogP contribution in [0.1, 0.15) is 26.7 Å². The molecule has 2 atom stereocenters. The Bertz CT molecular complexity index is 849. The molecule has 2 aromatic rings. The third kappa shape index (κ3) is 4.73. The molecular weight excluding hydrogens is 372 g/mol. The van der Waals surface area contributed by atoms with E-state index < -0.39 is 0 Å². The Morgan fingerprint density at radius 1 is 1.17 bits per heavy atom. The maximum absolute atomic E-state index is 12.7. The van der Waals surface area contributed by atoms with E-state index in [9.17, 15) is 9.59 Å². The van der Waals surface area contributed by atoms with Crippen LogP contribution < -0.4 is 10.6 Å². The number of hydrogen-bond acceptors (Lipinski definition) is 6. The lowest BCUT2D eigenvalue weighted by atomic mass is 9.98. The van der Waals surface area contributed by atoms with Gasteiger partial charge in [0.1, 0.15) is 0 Å². The van der Waals surface area contributed by atoms with Crippen molar-refractivity contribution in [2.45, 2.75) is 51.9 Å². The molecule has 3 rings (SSSR count). The molecule has 0 aliphatic carbocycles. The van der Waals surface area contributed by atoms with Crippen LogP contribution in [0.25, 0.3) is 0 Å². The number of anilines is 1. The Morgan fingerprint density at radius 2 is 1.90 bits per heavy atom. The number of amides is 1. The van der Waals surface area contributed by atoms with Crippen molar-refractivity contribution in [3.63, 3.8) is 0 Å². The minimum Gasteiger partial charge on any atom is -0.378 e. The molecule has 0 N–H and O–H groups in total. The van der Waals surface area contributed by atoms with Gasteiger partial charge in [-0.2, -0.15) is 9.36 Å². The molecule has 0 unspecified atom stereocenters. The number of hydrogen-bond donors (Lipinski definition) is 0. The van der Waals surface area contributed by atoms with Crippen LogP contribution in [0.5, 0.6) is 0 Å². The van der Waals surface area contributed by atoms with Crippen LogP contribution in [0.2, 0.25) is 0 Å². The highest BCUT2D eigenvalue weighted by Crippen LogP contribution is 2.26. The summed E-state index contributed by atoms with van der Waals surface area (Å²) in [5.41, 5.74) is 0.719. The zero-order valence-corrected chi connectivity index (χ0v) is 17.4.